The molecule has 0 radical (unpaired) electrons. The van der Waals surface area contributed by atoms with Gasteiger partial charge in [0.1, 0.15) is 0 Å². The summed E-state index contributed by atoms with van der Waals surface area (Å²) in [6.45, 7) is 8.59. The summed E-state index contributed by atoms with van der Waals surface area (Å²) in [4.78, 5) is 10.5. The highest BCUT2D eigenvalue weighted by Gasteiger charge is 2.36. The Labute approximate surface area is 170 Å². The topological polar surface area (TPSA) is 33.2 Å². The summed E-state index contributed by atoms with van der Waals surface area (Å²) in [6.07, 6.45) is 6.01. The summed E-state index contributed by atoms with van der Waals surface area (Å²) < 4.78 is 0. The molecule has 0 aliphatic carbocycles. The average Bonchev–Trinajstić information content (AvgIpc) is 2.75. The van der Waals surface area contributed by atoms with Crippen LogP contribution in [-0.4, -0.2) is 97.4 Å². The third-order valence-electron chi connectivity index (χ3n) is 7.28. The van der Waals surface area contributed by atoms with Crippen LogP contribution in [-0.2, 0) is 0 Å². The molecule has 28 heavy (non-hydrogen) atoms. The van der Waals surface area contributed by atoms with Gasteiger partial charge in [0.15, 0.2) is 0 Å². The highest BCUT2D eigenvalue weighted by molar-refractivity contribution is 5.46. The molecule has 0 saturated carbocycles. The number of likely N-dealkylation sites (tertiary alicyclic amines) is 1. The number of hydrogen-bond acceptors (Lipinski definition) is 5. The zero-order valence-electron chi connectivity index (χ0n) is 17.5. The predicted molar refractivity (Wildman–Crippen MR) is 116 cm³/mol. The van der Waals surface area contributed by atoms with Crippen molar-refractivity contribution in [3.05, 3.63) is 30.3 Å². The predicted octanol–water partition coefficient (Wildman–Crippen LogP) is 2.12. The van der Waals surface area contributed by atoms with Gasteiger partial charge in [-0.2, -0.15) is 0 Å². The second kappa shape index (κ2) is 9.57. The molecule has 0 unspecified atom stereocenters. The van der Waals surface area contributed by atoms with Crippen LogP contribution in [0.2, 0.25) is 0 Å². The van der Waals surface area contributed by atoms with Crippen LogP contribution in [0, 0.1) is 0 Å². The van der Waals surface area contributed by atoms with E-state index in [-0.39, 0.29) is 0 Å². The summed E-state index contributed by atoms with van der Waals surface area (Å²) >= 11 is 0. The van der Waals surface area contributed by atoms with Crippen molar-refractivity contribution in [2.75, 3.05) is 64.4 Å². The van der Waals surface area contributed by atoms with E-state index in [0.29, 0.717) is 18.7 Å². The van der Waals surface area contributed by atoms with Gasteiger partial charge in [-0.3, -0.25) is 9.80 Å². The Kier molecular flexibility index (Phi) is 6.89. The summed E-state index contributed by atoms with van der Waals surface area (Å²) in [7, 11) is 2.24. The minimum Gasteiger partial charge on any atom is -0.396 e. The molecular weight excluding hydrogens is 348 g/mol. The Hall–Kier alpha value is -1.14. The molecule has 3 saturated heterocycles. The lowest BCUT2D eigenvalue weighted by Crippen LogP contribution is -2.61. The molecule has 1 N–H and O–H groups in total. The molecule has 5 heteroatoms. The first-order valence-corrected chi connectivity index (χ1v) is 11.3. The van der Waals surface area contributed by atoms with Gasteiger partial charge in [-0.15, -0.1) is 0 Å². The highest BCUT2D eigenvalue weighted by atomic mass is 16.3. The molecule has 0 bridgehead atoms. The largest absolute Gasteiger partial charge is 0.396 e. The molecule has 1 aromatic rings. The summed E-state index contributed by atoms with van der Waals surface area (Å²) in [5, 5.41) is 9.67. The number of nitrogens with zero attached hydrogens (tertiary/aromatic N) is 4. The minimum atomic E-state index is 0.314. The number of benzene rings is 1. The van der Waals surface area contributed by atoms with E-state index < -0.39 is 0 Å². The maximum absolute atomic E-state index is 9.67. The molecule has 3 fully saturated rings. The lowest BCUT2D eigenvalue weighted by Gasteiger charge is -2.50. The Morgan fingerprint density at radius 3 is 2.21 bits per heavy atom. The molecular formula is C23H38N4O. The van der Waals surface area contributed by atoms with Crippen LogP contribution in [0.3, 0.4) is 0 Å². The van der Waals surface area contributed by atoms with Crippen LogP contribution in [0.15, 0.2) is 30.3 Å². The number of para-hydroxylation sites is 1. The Bertz CT molecular complexity index is 582. The first-order chi connectivity index (χ1) is 13.7. The molecule has 4 rings (SSSR count). The van der Waals surface area contributed by atoms with Crippen molar-refractivity contribution in [1.82, 2.24) is 14.7 Å². The van der Waals surface area contributed by atoms with Crippen LogP contribution in [0.4, 0.5) is 5.69 Å². The maximum Gasteiger partial charge on any atom is 0.0446 e. The quantitative estimate of drug-likeness (QED) is 0.838. The molecule has 3 aliphatic heterocycles. The van der Waals surface area contributed by atoms with Gasteiger partial charge in [-0.05, 0) is 64.4 Å². The summed E-state index contributed by atoms with van der Waals surface area (Å²) in [5.74, 6) is 0. The summed E-state index contributed by atoms with van der Waals surface area (Å²) in [6, 6.07) is 12.8. The maximum atomic E-state index is 9.67. The average molecular weight is 387 g/mol. The van der Waals surface area contributed by atoms with Gasteiger partial charge in [0.25, 0.3) is 0 Å². The van der Waals surface area contributed by atoms with E-state index >= 15 is 0 Å². The van der Waals surface area contributed by atoms with Crippen molar-refractivity contribution < 1.29 is 5.11 Å². The summed E-state index contributed by atoms with van der Waals surface area (Å²) in [5.41, 5.74) is 1.37. The van der Waals surface area contributed by atoms with Crippen LogP contribution in [0.1, 0.15) is 32.1 Å². The minimum absolute atomic E-state index is 0.314. The van der Waals surface area contributed by atoms with Crippen molar-refractivity contribution in [1.29, 1.82) is 0 Å². The molecule has 0 aromatic heterocycles. The van der Waals surface area contributed by atoms with Gasteiger partial charge < -0.3 is 14.9 Å². The van der Waals surface area contributed by atoms with Gasteiger partial charge in [0.2, 0.25) is 0 Å². The SMILES string of the molecule is CN1CCC(N2CCN(C3CCN(c4ccccc4)CC3)C[C@H]2CCO)CC1. The highest BCUT2D eigenvalue weighted by Crippen LogP contribution is 2.27. The number of piperazine rings is 1. The second-order valence-electron chi connectivity index (χ2n) is 8.99. The normalized spacial score (nSPS) is 27.4. The molecule has 0 amide bonds. The Balaban J connectivity index is 1.32. The second-order valence-corrected chi connectivity index (χ2v) is 8.99. The zero-order valence-corrected chi connectivity index (χ0v) is 17.5. The van der Waals surface area contributed by atoms with Gasteiger partial charge in [0.05, 0.1) is 0 Å². The molecule has 5 nitrogen and oxygen atoms in total. The fraction of sp³-hybridized carbons (Fsp3) is 0.739. The van der Waals surface area contributed by atoms with E-state index in [4.69, 9.17) is 0 Å². The van der Waals surface area contributed by atoms with Crippen molar-refractivity contribution >= 4 is 5.69 Å². The molecule has 3 aliphatic rings. The smallest absolute Gasteiger partial charge is 0.0446 e. The van der Waals surface area contributed by atoms with Crippen molar-refractivity contribution in [3.63, 3.8) is 0 Å². The first-order valence-electron chi connectivity index (χ1n) is 11.3. The number of aliphatic hydroxyl groups is 1. The molecule has 1 atom stereocenters. The van der Waals surface area contributed by atoms with E-state index in [1.807, 2.05) is 0 Å². The fourth-order valence-electron chi connectivity index (χ4n) is 5.57. The van der Waals surface area contributed by atoms with E-state index in [1.54, 1.807) is 0 Å². The van der Waals surface area contributed by atoms with Gasteiger partial charge in [0, 0.05) is 63.1 Å². The van der Waals surface area contributed by atoms with Gasteiger partial charge >= 0.3 is 0 Å². The lowest BCUT2D eigenvalue weighted by atomic mass is 9.95. The number of rotatable bonds is 5. The third-order valence-corrected chi connectivity index (χ3v) is 7.28. The standard InChI is InChI=1S/C23H38N4O/c1-24-12-7-22(8-13-24)27-17-16-26(19-23(27)11-18-28)21-9-14-25(15-10-21)20-5-3-2-4-6-20/h2-6,21-23,28H,7-19H2,1H3/t23-/m1/s1. The number of piperidine rings is 2. The zero-order chi connectivity index (χ0) is 19.3. The van der Waals surface area contributed by atoms with Gasteiger partial charge in [-0.25, -0.2) is 0 Å². The molecule has 1 aromatic carbocycles. The van der Waals surface area contributed by atoms with Crippen LogP contribution < -0.4 is 4.90 Å². The van der Waals surface area contributed by atoms with Crippen molar-refractivity contribution in [2.45, 2.75) is 50.2 Å². The monoisotopic (exact) mass is 386 g/mol. The van der Waals surface area contributed by atoms with E-state index in [0.717, 1.165) is 32.1 Å². The molecule has 3 heterocycles. The lowest BCUT2D eigenvalue weighted by molar-refractivity contribution is -0.00936. The van der Waals surface area contributed by atoms with Crippen LogP contribution in [0.25, 0.3) is 0 Å². The van der Waals surface area contributed by atoms with Gasteiger partial charge in [-0.1, -0.05) is 18.2 Å². The molecule has 0 spiro atoms. The Morgan fingerprint density at radius 2 is 1.54 bits per heavy atom. The van der Waals surface area contributed by atoms with Crippen LogP contribution >= 0.6 is 0 Å². The van der Waals surface area contributed by atoms with Crippen LogP contribution in [0.5, 0.6) is 0 Å². The van der Waals surface area contributed by atoms with E-state index in [2.05, 4.69) is 57.0 Å². The third kappa shape index (κ3) is 4.70. The molecule has 156 valence electrons. The Morgan fingerprint density at radius 1 is 0.857 bits per heavy atom. The van der Waals surface area contributed by atoms with E-state index in [9.17, 15) is 5.11 Å². The van der Waals surface area contributed by atoms with Crippen molar-refractivity contribution in [2.24, 2.45) is 0 Å². The number of aliphatic hydroxyl groups excluding tert-OH is 1. The van der Waals surface area contributed by atoms with E-state index in [1.165, 1.54) is 57.5 Å². The number of hydrogen-bond donors (Lipinski definition) is 1. The fourth-order valence-corrected chi connectivity index (χ4v) is 5.57. The van der Waals surface area contributed by atoms with Crippen molar-refractivity contribution in [3.8, 4) is 0 Å². The number of anilines is 1. The first kappa shape index (κ1) is 20.1.